The molecule has 2 aromatic carbocycles. The molecule has 0 aliphatic carbocycles. The van der Waals surface area contributed by atoms with Crippen molar-refractivity contribution < 1.29 is 14.4 Å². The minimum absolute atomic E-state index is 0.0649. The molecular formula is C25H27ClN4O3. The quantitative estimate of drug-likeness (QED) is 0.617. The minimum atomic E-state index is -0.571. The van der Waals surface area contributed by atoms with Gasteiger partial charge in [0.2, 0.25) is 5.91 Å². The fraction of sp³-hybridized carbons (Fsp3) is 0.280. The second-order valence-corrected chi connectivity index (χ2v) is 8.52. The highest BCUT2D eigenvalue weighted by atomic mass is 35.5. The van der Waals surface area contributed by atoms with Gasteiger partial charge in [0.15, 0.2) is 0 Å². The molecule has 7 nitrogen and oxygen atoms in total. The number of hydrogen-bond acceptors (Lipinski definition) is 5. The van der Waals surface area contributed by atoms with Crippen LogP contribution in [0.4, 0.5) is 5.69 Å². The van der Waals surface area contributed by atoms with E-state index in [9.17, 15) is 14.4 Å². The lowest BCUT2D eigenvalue weighted by Crippen LogP contribution is -2.40. The molecule has 0 saturated heterocycles. The Labute approximate surface area is 198 Å². The molecule has 0 atom stereocenters. The second kappa shape index (κ2) is 10.4. The van der Waals surface area contributed by atoms with E-state index in [1.165, 1.54) is 11.8 Å². The molecule has 0 aromatic heterocycles. The second-order valence-electron chi connectivity index (χ2n) is 8.11. The average molecular weight is 467 g/mol. The first-order valence-electron chi connectivity index (χ1n) is 10.7. The number of hydrogen-bond donors (Lipinski definition) is 2. The van der Waals surface area contributed by atoms with E-state index in [0.717, 1.165) is 22.3 Å². The molecule has 0 radical (unpaired) electrons. The predicted molar refractivity (Wildman–Crippen MR) is 131 cm³/mol. The van der Waals surface area contributed by atoms with Crippen LogP contribution in [-0.4, -0.2) is 41.4 Å². The van der Waals surface area contributed by atoms with Gasteiger partial charge in [-0.25, -0.2) is 4.99 Å². The molecular weight excluding hydrogens is 440 g/mol. The zero-order chi connectivity index (χ0) is 24.1. The Morgan fingerprint density at radius 2 is 1.91 bits per heavy atom. The summed E-state index contributed by atoms with van der Waals surface area (Å²) in [6, 6.07) is 11.2. The number of nitrogens with two attached hydrogens (primary N) is 2. The van der Waals surface area contributed by atoms with Crippen molar-refractivity contribution in [3.05, 3.63) is 58.1 Å². The summed E-state index contributed by atoms with van der Waals surface area (Å²) >= 11 is 6.51. The topological polar surface area (TPSA) is 119 Å². The Kier molecular flexibility index (Phi) is 7.66. The van der Waals surface area contributed by atoms with Crippen molar-refractivity contribution in [1.29, 1.82) is 0 Å². The van der Waals surface area contributed by atoms with Crippen molar-refractivity contribution in [2.24, 2.45) is 16.5 Å². The Hall–Kier alpha value is -3.45. The SMILES string of the molecule is CCCN(CC(N)=O)C(=O)C1=Cc2cc(-c3ccc(CC(C)=O)cc3Cl)ccc2N=C(N)C1. The molecule has 0 unspecified atom stereocenters. The van der Waals surface area contributed by atoms with E-state index >= 15 is 0 Å². The number of amides is 2. The van der Waals surface area contributed by atoms with Gasteiger partial charge >= 0.3 is 0 Å². The standard InChI is InChI=1S/C25H27ClN4O3/c1-3-8-30(14-24(28)32)25(33)19-12-18-11-17(5-7-22(18)29-23(27)13-19)20-6-4-16(9-15(2)31)10-21(20)26/h4-7,10-12H,3,8-9,13-14H2,1-2H3,(H2,27,29)(H2,28,32). The molecule has 8 heteroatoms. The van der Waals surface area contributed by atoms with Gasteiger partial charge in [-0.15, -0.1) is 0 Å². The maximum absolute atomic E-state index is 13.2. The molecule has 2 aromatic rings. The van der Waals surface area contributed by atoms with Gasteiger partial charge in [0.1, 0.15) is 11.6 Å². The Bertz CT molecular complexity index is 1170. The summed E-state index contributed by atoms with van der Waals surface area (Å²) < 4.78 is 0. The summed E-state index contributed by atoms with van der Waals surface area (Å²) in [7, 11) is 0. The van der Waals surface area contributed by atoms with Crippen molar-refractivity contribution in [2.75, 3.05) is 13.1 Å². The fourth-order valence-corrected chi connectivity index (χ4v) is 4.12. The molecule has 0 fully saturated rings. The summed E-state index contributed by atoms with van der Waals surface area (Å²) in [4.78, 5) is 41.9. The lowest BCUT2D eigenvalue weighted by Gasteiger charge is -2.21. The first-order valence-corrected chi connectivity index (χ1v) is 11.1. The molecule has 172 valence electrons. The van der Waals surface area contributed by atoms with Crippen LogP contribution in [0.5, 0.6) is 0 Å². The Morgan fingerprint density at radius 3 is 2.55 bits per heavy atom. The van der Waals surface area contributed by atoms with Gasteiger partial charge in [0.05, 0.1) is 12.2 Å². The number of benzene rings is 2. The van der Waals surface area contributed by atoms with Gasteiger partial charge in [0.25, 0.3) is 5.91 Å². The smallest absolute Gasteiger partial charge is 0.250 e. The highest BCUT2D eigenvalue weighted by molar-refractivity contribution is 6.33. The van der Waals surface area contributed by atoms with E-state index in [0.29, 0.717) is 41.5 Å². The minimum Gasteiger partial charge on any atom is -0.387 e. The first kappa shape index (κ1) is 24.2. The number of nitrogens with zero attached hydrogens (tertiary/aromatic N) is 2. The molecule has 4 N–H and O–H groups in total. The van der Waals surface area contributed by atoms with Crippen molar-refractivity contribution >= 4 is 46.8 Å². The summed E-state index contributed by atoms with van der Waals surface area (Å²) in [6.07, 6.45) is 2.94. The molecule has 2 amide bonds. The third kappa shape index (κ3) is 6.08. The molecule has 33 heavy (non-hydrogen) atoms. The van der Waals surface area contributed by atoms with Gasteiger partial charge < -0.3 is 16.4 Å². The van der Waals surface area contributed by atoms with Crippen LogP contribution in [0.1, 0.15) is 37.8 Å². The molecule has 1 aliphatic heterocycles. The lowest BCUT2D eigenvalue weighted by molar-refractivity contribution is -0.132. The van der Waals surface area contributed by atoms with Crippen molar-refractivity contribution in [1.82, 2.24) is 4.90 Å². The van der Waals surface area contributed by atoms with E-state index < -0.39 is 5.91 Å². The van der Waals surface area contributed by atoms with Crippen molar-refractivity contribution in [3.63, 3.8) is 0 Å². The number of rotatable bonds is 8. The lowest BCUT2D eigenvalue weighted by atomic mass is 9.98. The van der Waals surface area contributed by atoms with Gasteiger partial charge in [0, 0.05) is 41.1 Å². The largest absolute Gasteiger partial charge is 0.387 e. The Balaban J connectivity index is 2.01. The van der Waals surface area contributed by atoms with Gasteiger partial charge in [-0.3, -0.25) is 14.4 Å². The third-order valence-electron chi connectivity index (χ3n) is 5.19. The van der Waals surface area contributed by atoms with Crippen LogP contribution in [0.2, 0.25) is 5.02 Å². The summed E-state index contributed by atoms with van der Waals surface area (Å²) in [6.45, 7) is 3.71. The number of aliphatic imine (C=N–C) groups is 1. The molecule has 0 spiro atoms. The maximum Gasteiger partial charge on any atom is 0.250 e. The van der Waals surface area contributed by atoms with Gasteiger partial charge in [-0.1, -0.05) is 36.7 Å². The number of primary amides is 1. The molecule has 1 aliphatic rings. The third-order valence-corrected chi connectivity index (χ3v) is 5.51. The van der Waals surface area contributed by atoms with Crippen LogP contribution in [0, 0.1) is 0 Å². The maximum atomic E-state index is 13.2. The molecule has 0 bridgehead atoms. The average Bonchev–Trinajstić information content (AvgIpc) is 2.89. The Morgan fingerprint density at radius 1 is 1.15 bits per heavy atom. The molecule has 3 rings (SSSR count). The van der Waals surface area contributed by atoms with Crippen molar-refractivity contribution in [3.8, 4) is 11.1 Å². The van der Waals surface area contributed by atoms with Crippen LogP contribution in [0.15, 0.2) is 47.0 Å². The summed E-state index contributed by atoms with van der Waals surface area (Å²) in [5.41, 5.74) is 15.7. The van der Waals surface area contributed by atoms with Crippen LogP contribution in [0.3, 0.4) is 0 Å². The monoisotopic (exact) mass is 466 g/mol. The summed E-state index contributed by atoms with van der Waals surface area (Å²) in [5, 5.41) is 0.529. The predicted octanol–water partition coefficient (Wildman–Crippen LogP) is 3.64. The number of amidine groups is 1. The first-order chi connectivity index (χ1) is 15.7. The zero-order valence-electron chi connectivity index (χ0n) is 18.7. The van der Waals surface area contributed by atoms with Crippen LogP contribution >= 0.6 is 11.6 Å². The summed E-state index contributed by atoms with van der Waals surface area (Å²) in [5.74, 6) is -0.491. The molecule has 1 heterocycles. The van der Waals surface area contributed by atoms with E-state index in [1.807, 2.05) is 37.3 Å². The number of carbonyl (C=O) groups is 3. The highest BCUT2D eigenvalue weighted by Crippen LogP contribution is 2.35. The van der Waals surface area contributed by atoms with Crippen molar-refractivity contribution in [2.45, 2.75) is 33.1 Å². The van der Waals surface area contributed by atoms with Gasteiger partial charge in [-0.2, -0.15) is 0 Å². The molecule has 0 saturated carbocycles. The fourth-order valence-electron chi connectivity index (χ4n) is 3.81. The number of Topliss-reactive ketones (excluding diaryl/α,β-unsaturated/α-hetero) is 1. The van der Waals surface area contributed by atoms with Crippen LogP contribution < -0.4 is 11.5 Å². The van der Waals surface area contributed by atoms with E-state index in [1.54, 1.807) is 12.1 Å². The zero-order valence-corrected chi connectivity index (χ0v) is 19.5. The van der Waals surface area contributed by atoms with Crippen LogP contribution in [-0.2, 0) is 20.8 Å². The van der Waals surface area contributed by atoms with E-state index in [-0.39, 0.29) is 24.7 Å². The number of halogens is 1. The number of fused-ring (bicyclic) bond motifs is 1. The van der Waals surface area contributed by atoms with Crippen LogP contribution in [0.25, 0.3) is 17.2 Å². The van der Waals surface area contributed by atoms with E-state index in [2.05, 4.69) is 4.99 Å². The normalized spacial score (nSPS) is 12.8. The van der Waals surface area contributed by atoms with E-state index in [4.69, 9.17) is 23.1 Å². The number of ketones is 1. The number of carbonyl (C=O) groups excluding carboxylic acids is 3. The van der Waals surface area contributed by atoms with Gasteiger partial charge in [-0.05, 0) is 48.7 Å². The highest BCUT2D eigenvalue weighted by Gasteiger charge is 2.22.